The summed E-state index contributed by atoms with van der Waals surface area (Å²) in [6.45, 7) is 7.81. The highest BCUT2D eigenvalue weighted by molar-refractivity contribution is 7.99. The monoisotopic (exact) mass is 469 g/mol. The predicted molar refractivity (Wildman–Crippen MR) is 131 cm³/mol. The van der Waals surface area contributed by atoms with Gasteiger partial charge in [-0.2, -0.15) is 0 Å². The van der Waals surface area contributed by atoms with Crippen molar-refractivity contribution >= 4 is 28.4 Å². The Morgan fingerprint density at radius 3 is 2.85 bits per heavy atom. The van der Waals surface area contributed by atoms with Gasteiger partial charge in [0, 0.05) is 30.7 Å². The number of fused-ring (bicyclic) bond motifs is 1. The van der Waals surface area contributed by atoms with E-state index in [4.69, 9.17) is 14.5 Å². The normalized spacial score (nSPS) is 17.0. The molecule has 0 radical (unpaired) electrons. The van der Waals surface area contributed by atoms with E-state index in [2.05, 4.69) is 11.5 Å². The number of benzene rings is 1. The van der Waals surface area contributed by atoms with Crippen LogP contribution in [0.2, 0.25) is 0 Å². The highest BCUT2D eigenvalue weighted by Crippen LogP contribution is 2.25. The lowest BCUT2D eigenvalue weighted by molar-refractivity contribution is 0.0937. The Morgan fingerprint density at radius 1 is 1.33 bits per heavy atom. The Kier molecular flexibility index (Phi) is 7.36. The van der Waals surface area contributed by atoms with Gasteiger partial charge in [-0.25, -0.2) is 4.98 Å². The van der Waals surface area contributed by atoms with Gasteiger partial charge in [0.2, 0.25) is 0 Å². The molecule has 1 fully saturated rings. The summed E-state index contributed by atoms with van der Waals surface area (Å²) in [7, 11) is 1.68. The SMILES string of the molecule is COC[C@@H](C)n1c(C)cc(C(=O)CSc2nc3ccccc3c(=O)n2C[C@H]2CCCO2)c1C. The van der Waals surface area contributed by atoms with Crippen molar-refractivity contribution in [1.29, 1.82) is 0 Å². The minimum Gasteiger partial charge on any atom is -0.383 e. The van der Waals surface area contributed by atoms with Crippen molar-refractivity contribution in [2.75, 3.05) is 26.1 Å². The number of hydrogen-bond donors (Lipinski definition) is 0. The third kappa shape index (κ3) is 4.93. The molecule has 0 saturated carbocycles. The lowest BCUT2D eigenvalue weighted by atomic mass is 10.2. The van der Waals surface area contributed by atoms with Crippen LogP contribution in [0, 0.1) is 13.8 Å². The minimum absolute atomic E-state index is 0.00177. The van der Waals surface area contributed by atoms with Gasteiger partial charge < -0.3 is 14.0 Å². The third-order valence-electron chi connectivity index (χ3n) is 6.20. The van der Waals surface area contributed by atoms with Crippen molar-refractivity contribution in [3.05, 3.63) is 57.6 Å². The molecular weight excluding hydrogens is 438 g/mol. The Balaban J connectivity index is 1.61. The maximum Gasteiger partial charge on any atom is 0.262 e. The fourth-order valence-electron chi connectivity index (χ4n) is 4.67. The molecule has 0 amide bonds. The molecule has 176 valence electrons. The number of thioether (sulfide) groups is 1. The summed E-state index contributed by atoms with van der Waals surface area (Å²) in [5, 5.41) is 1.14. The average Bonchev–Trinajstić information content (AvgIpc) is 3.41. The molecule has 1 aliphatic rings. The second-order valence-corrected chi connectivity index (χ2v) is 9.58. The molecule has 0 bridgehead atoms. The molecule has 1 aliphatic heterocycles. The van der Waals surface area contributed by atoms with Crippen molar-refractivity contribution in [2.45, 2.75) is 57.5 Å². The molecule has 2 aromatic heterocycles. The number of Topliss-reactive ketones (excluding diaryl/α,β-unsaturated/α-hetero) is 1. The maximum absolute atomic E-state index is 13.2. The topological polar surface area (TPSA) is 75.4 Å². The van der Waals surface area contributed by atoms with Crippen molar-refractivity contribution in [1.82, 2.24) is 14.1 Å². The van der Waals surface area contributed by atoms with Crippen molar-refractivity contribution in [3.8, 4) is 0 Å². The van der Waals surface area contributed by atoms with E-state index in [0.29, 0.717) is 34.8 Å². The fourth-order valence-corrected chi connectivity index (χ4v) is 5.56. The number of ketones is 1. The quantitative estimate of drug-likeness (QED) is 0.266. The summed E-state index contributed by atoms with van der Waals surface area (Å²) in [5.41, 5.74) is 3.23. The Bertz CT molecular complexity index is 1210. The van der Waals surface area contributed by atoms with Crippen LogP contribution in [0.1, 0.15) is 47.6 Å². The van der Waals surface area contributed by atoms with E-state index in [-0.39, 0.29) is 29.2 Å². The standard InChI is InChI=1S/C25H31N3O4S/c1-16-12-21(18(3)28(16)17(2)14-31-4)23(29)15-33-25-26-22-10-6-5-9-20(22)24(30)27(25)13-19-8-7-11-32-19/h5-6,9-10,12,17,19H,7-8,11,13-15H2,1-4H3/t17-,19-/m1/s1. The molecule has 2 atom stereocenters. The van der Waals surface area contributed by atoms with Crippen LogP contribution in [0.25, 0.3) is 10.9 Å². The average molecular weight is 470 g/mol. The first kappa shape index (κ1) is 23.7. The van der Waals surface area contributed by atoms with E-state index in [1.165, 1.54) is 11.8 Å². The number of aryl methyl sites for hydroxylation is 1. The third-order valence-corrected chi connectivity index (χ3v) is 7.18. The number of methoxy groups -OCH3 is 1. The maximum atomic E-state index is 13.2. The van der Waals surface area contributed by atoms with Crippen LogP contribution in [0.15, 0.2) is 40.3 Å². The van der Waals surface area contributed by atoms with Gasteiger partial charge >= 0.3 is 0 Å². The molecule has 3 heterocycles. The summed E-state index contributed by atoms with van der Waals surface area (Å²) in [6.07, 6.45) is 1.92. The van der Waals surface area contributed by atoms with Crippen LogP contribution < -0.4 is 5.56 Å². The molecule has 0 N–H and O–H groups in total. The van der Waals surface area contributed by atoms with Gasteiger partial charge in [0.25, 0.3) is 5.56 Å². The van der Waals surface area contributed by atoms with Crippen molar-refractivity contribution in [2.24, 2.45) is 0 Å². The second kappa shape index (κ2) is 10.2. The van der Waals surface area contributed by atoms with Crippen molar-refractivity contribution in [3.63, 3.8) is 0 Å². The number of nitrogens with zero attached hydrogens (tertiary/aromatic N) is 3. The lowest BCUT2D eigenvalue weighted by Gasteiger charge is -2.18. The fraction of sp³-hybridized carbons (Fsp3) is 0.480. The van der Waals surface area contributed by atoms with E-state index < -0.39 is 0 Å². The van der Waals surface area contributed by atoms with Crippen molar-refractivity contribution < 1.29 is 14.3 Å². The molecule has 8 heteroatoms. The molecule has 0 spiro atoms. The molecule has 0 aliphatic carbocycles. The van der Waals surface area contributed by atoms with Crippen LogP contribution in [-0.4, -0.2) is 52.1 Å². The first-order valence-electron chi connectivity index (χ1n) is 11.3. The highest BCUT2D eigenvalue weighted by Gasteiger charge is 2.22. The Hall–Kier alpha value is -2.42. The van der Waals surface area contributed by atoms with E-state index in [1.807, 2.05) is 38.1 Å². The van der Waals surface area contributed by atoms with Crippen LogP contribution in [0.3, 0.4) is 0 Å². The van der Waals surface area contributed by atoms with E-state index in [9.17, 15) is 9.59 Å². The Labute approximate surface area is 198 Å². The number of ether oxygens (including phenoxy) is 2. The van der Waals surface area contributed by atoms with Gasteiger partial charge in [-0.05, 0) is 51.8 Å². The number of aromatic nitrogens is 3. The van der Waals surface area contributed by atoms with Gasteiger partial charge in [0.05, 0.1) is 42.0 Å². The summed E-state index contributed by atoms with van der Waals surface area (Å²) in [4.78, 5) is 31.2. The summed E-state index contributed by atoms with van der Waals surface area (Å²) < 4.78 is 14.9. The van der Waals surface area contributed by atoms with Gasteiger partial charge in [-0.3, -0.25) is 14.2 Å². The van der Waals surface area contributed by atoms with Crippen LogP contribution in [0.5, 0.6) is 0 Å². The van der Waals surface area contributed by atoms with E-state index in [0.717, 1.165) is 30.8 Å². The largest absolute Gasteiger partial charge is 0.383 e. The van der Waals surface area contributed by atoms with Crippen LogP contribution >= 0.6 is 11.8 Å². The minimum atomic E-state index is -0.0855. The second-order valence-electron chi connectivity index (χ2n) is 8.63. The number of carbonyl (C=O) groups excluding carboxylic acids is 1. The van der Waals surface area contributed by atoms with E-state index >= 15 is 0 Å². The lowest BCUT2D eigenvalue weighted by Crippen LogP contribution is -2.29. The Morgan fingerprint density at radius 2 is 2.12 bits per heavy atom. The molecule has 1 saturated heterocycles. The van der Waals surface area contributed by atoms with Gasteiger partial charge in [-0.15, -0.1) is 0 Å². The molecule has 1 aromatic carbocycles. The summed E-state index contributed by atoms with van der Waals surface area (Å²) >= 11 is 1.32. The summed E-state index contributed by atoms with van der Waals surface area (Å²) in [5.74, 6) is 0.231. The number of rotatable bonds is 9. The molecule has 33 heavy (non-hydrogen) atoms. The van der Waals surface area contributed by atoms with Crippen LogP contribution in [-0.2, 0) is 16.0 Å². The molecular formula is C25H31N3O4S. The smallest absolute Gasteiger partial charge is 0.262 e. The summed E-state index contributed by atoms with van der Waals surface area (Å²) in [6, 6.07) is 9.43. The number of hydrogen-bond acceptors (Lipinski definition) is 6. The molecule has 4 rings (SSSR count). The molecule has 7 nitrogen and oxygen atoms in total. The molecule has 3 aromatic rings. The van der Waals surface area contributed by atoms with Gasteiger partial charge in [-0.1, -0.05) is 23.9 Å². The highest BCUT2D eigenvalue weighted by atomic mass is 32.2. The predicted octanol–water partition coefficient (Wildman–Crippen LogP) is 4.18. The van der Waals surface area contributed by atoms with E-state index in [1.54, 1.807) is 17.7 Å². The van der Waals surface area contributed by atoms with Crippen LogP contribution in [0.4, 0.5) is 0 Å². The van der Waals surface area contributed by atoms with Gasteiger partial charge in [0.15, 0.2) is 10.9 Å². The zero-order chi connectivity index (χ0) is 23.5. The zero-order valence-corrected chi connectivity index (χ0v) is 20.5. The first-order chi connectivity index (χ1) is 15.9. The molecule has 0 unspecified atom stereocenters. The zero-order valence-electron chi connectivity index (χ0n) is 19.7. The number of carbonyl (C=O) groups is 1. The first-order valence-corrected chi connectivity index (χ1v) is 12.3. The van der Waals surface area contributed by atoms with Gasteiger partial charge in [0.1, 0.15) is 0 Å². The number of para-hydroxylation sites is 1.